The lowest BCUT2D eigenvalue weighted by molar-refractivity contribution is -0.137. The second-order valence-electron chi connectivity index (χ2n) is 6.48. The number of sulfonamides is 1. The highest BCUT2D eigenvalue weighted by Gasteiger charge is 2.32. The number of hydrazone groups is 1. The summed E-state index contributed by atoms with van der Waals surface area (Å²) in [5.41, 5.74) is 1.04. The lowest BCUT2D eigenvalue weighted by Gasteiger charge is -2.31. The van der Waals surface area contributed by atoms with E-state index >= 15 is 0 Å². The van der Waals surface area contributed by atoms with Crippen molar-refractivity contribution in [3.05, 3.63) is 35.4 Å². The number of alkyl halides is 3. The Hall–Kier alpha value is -1.94. The number of carbonyl (C=O) groups excluding carboxylic acids is 1. The normalized spacial score (nSPS) is 16.8. The van der Waals surface area contributed by atoms with E-state index in [0.29, 0.717) is 12.8 Å². The zero-order valence-electron chi connectivity index (χ0n) is 14.9. The van der Waals surface area contributed by atoms with Gasteiger partial charge < -0.3 is 0 Å². The van der Waals surface area contributed by atoms with E-state index in [-0.39, 0.29) is 11.6 Å². The van der Waals surface area contributed by atoms with Crippen molar-refractivity contribution in [3.8, 4) is 0 Å². The van der Waals surface area contributed by atoms with Crippen LogP contribution in [0.25, 0.3) is 0 Å². The smallest absolute Gasteiger partial charge is 0.272 e. The highest BCUT2D eigenvalue weighted by atomic mass is 32.2. The molecule has 0 spiro atoms. The minimum atomic E-state index is -4.54. The van der Waals surface area contributed by atoms with Gasteiger partial charge in [-0.1, -0.05) is 37.5 Å². The molecule has 0 aromatic heterocycles. The van der Waals surface area contributed by atoms with Crippen LogP contribution in [0, 0.1) is 0 Å². The second kappa shape index (κ2) is 8.83. The fourth-order valence-electron chi connectivity index (χ4n) is 3.10. The standard InChI is InChI=1S/C17H22F3N3O3S/c1-27(25,26)23(14-8-3-2-4-9-14)12-16(24)22-21-11-13-7-5-6-10-15(13)17(18,19)20/h5-7,10-11,14H,2-4,8-9,12H2,1H3,(H,22,24). The average Bonchev–Trinajstić information content (AvgIpc) is 2.59. The summed E-state index contributed by atoms with van der Waals surface area (Å²) in [5.74, 6) is -0.702. The number of hydrogen-bond donors (Lipinski definition) is 1. The Morgan fingerprint density at radius 1 is 1.26 bits per heavy atom. The summed E-state index contributed by atoms with van der Waals surface area (Å²) in [6.45, 7) is -0.415. The number of rotatable bonds is 6. The van der Waals surface area contributed by atoms with Crippen LogP contribution in [0.4, 0.5) is 13.2 Å². The fraction of sp³-hybridized carbons (Fsp3) is 0.529. The molecule has 0 radical (unpaired) electrons. The van der Waals surface area contributed by atoms with Gasteiger partial charge in [0.05, 0.1) is 24.6 Å². The number of benzene rings is 1. The van der Waals surface area contributed by atoms with Gasteiger partial charge in [0.15, 0.2) is 0 Å². The molecule has 0 heterocycles. The summed E-state index contributed by atoms with van der Waals surface area (Å²) < 4.78 is 63.9. The van der Waals surface area contributed by atoms with Crippen molar-refractivity contribution in [2.75, 3.05) is 12.8 Å². The Labute approximate surface area is 156 Å². The highest BCUT2D eigenvalue weighted by Crippen LogP contribution is 2.31. The molecule has 1 N–H and O–H groups in total. The lowest BCUT2D eigenvalue weighted by atomic mass is 9.95. The zero-order chi connectivity index (χ0) is 20.1. The Kier molecular flexibility index (Phi) is 6.99. The third-order valence-electron chi connectivity index (χ3n) is 4.37. The van der Waals surface area contributed by atoms with Crippen LogP contribution >= 0.6 is 0 Å². The summed E-state index contributed by atoms with van der Waals surface area (Å²) in [6, 6.07) is 4.58. The maximum atomic E-state index is 12.9. The Bertz CT molecular complexity index is 788. The minimum Gasteiger partial charge on any atom is -0.272 e. The number of hydrogen-bond acceptors (Lipinski definition) is 4. The monoisotopic (exact) mass is 405 g/mol. The van der Waals surface area contributed by atoms with Crippen molar-refractivity contribution in [3.63, 3.8) is 0 Å². The Morgan fingerprint density at radius 3 is 2.48 bits per heavy atom. The van der Waals surface area contributed by atoms with E-state index < -0.39 is 34.2 Å². The van der Waals surface area contributed by atoms with Gasteiger partial charge in [0.2, 0.25) is 10.0 Å². The molecule has 1 aromatic rings. The molecule has 6 nitrogen and oxygen atoms in total. The topological polar surface area (TPSA) is 78.8 Å². The van der Waals surface area contributed by atoms with Crippen molar-refractivity contribution < 1.29 is 26.4 Å². The third kappa shape index (κ3) is 6.31. The minimum absolute atomic E-state index is 0.197. The van der Waals surface area contributed by atoms with Crippen LogP contribution in [0.15, 0.2) is 29.4 Å². The van der Waals surface area contributed by atoms with Crippen LogP contribution in [0.5, 0.6) is 0 Å². The molecule has 0 unspecified atom stereocenters. The van der Waals surface area contributed by atoms with Gasteiger partial charge in [-0.2, -0.15) is 22.6 Å². The van der Waals surface area contributed by atoms with Crippen molar-refractivity contribution in [2.45, 2.75) is 44.3 Å². The first kappa shape index (κ1) is 21.4. The molecule has 0 bridgehead atoms. The van der Waals surface area contributed by atoms with E-state index in [9.17, 15) is 26.4 Å². The molecule has 1 fully saturated rings. The quantitative estimate of drug-likeness (QED) is 0.584. The number of nitrogens with zero attached hydrogens (tertiary/aromatic N) is 2. The first-order chi connectivity index (χ1) is 12.6. The molecule has 10 heteroatoms. The number of carbonyl (C=O) groups is 1. The molecule has 0 saturated heterocycles. The fourth-order valence-corrected chi connectivity index (χ4v) is 4.21. The summed E-state index contributed by atoms with van der Waals surface area (Å²) in [5, 5.41) is 3.55. The molecule has 0 aliphatic heterocycles. The molecular weight excluding hydrogens is 383 g/mol. The van der Waals surface area contributed by atoms with Gasteiger partial charge in [-0.3, -0.25) is 4.79 Å². The SMILES string of the molecule is CS(=O)(=O)N(CC(=O)NN=Cc1ccccc1C(F)(F)F)C1CCCCC1. The number of amides is 1. The molecule has 1 saturated carbocycles. The van der Waals surface area contributed by atoms with Crippen LogP contribution in [0.2, 0.25) is 0 Å². The van der Waals surface area contributed by atoms with Crippen molar-refractivity contribution in [2.24, 2.45) is 5.10 Å². The van der Waals surface area contributed by atoms with Gasteiger partial charge in [0, 0.05) is 11.6 Å². The van der Waals surface area contributed by atoms with Gasteiger partial charge in [0.25, 0.3) is 5.91 Å². The van der Waals surface area contributed by atoms with Gasteiger partial charge in [-0.05, 0) is 18.9 Å². The zero-order valence-corrected chi connectivity index (χ0v) is 15.7. The maximum Gasteiger partial charge on any atom is 0.417 e. The number of halogens is 3. The van der Waals surface area contributed by atoms with Crippen LogP contribution in [-0.4, -0.2) is 43.7 Å². The average molecular weight is 405 g/mol. The van der Waals surface area contributed by atoms with Crippen LogP contribution < -0.4 is 5.43 Å². The molecule has 0 atom stereocenters. The molecule has 2 rings (SSSR count). The largest absolute Gasteiger partial charge is 0.417 e. The van der Waals surface area contributed by atoms with E-state index in [2.05, 4.69) is 10.5 Å². The molecule has 1 amide bonds. The van der Waals surface area contributed by atoms with Crippen LogP contribution in [0.1, 0.15) is 43.2 Å². The van der Waals surface area contributed by atoms with E-state index in [1.165, 1.54) is 18.2 Å². The van der Waals surface area contributed by atoms with Gasteiger partial charge in [-0.25, -0.2) is 13.8 Å². The van der Waals surface area contributed by atoms with E-state index in [1.807, 2.05) is 0 Å². The molecule has 27 heavy (non-hydrogen) atoms. The third-order valence-corrected chi connectivity index (χ3v) is 5.65. The molecule has 1 aliphatic carbocycles. The highest BCUT2D eigenvalue weighted by molar-refractivity contribution is 7.88. The summed E-state index contributed by atoms with van der Waals surface area (Å²) in [6.07, 6.45) is 1.58. The molecular formula is C17H22F3N3O3S. The lowest BCUT2D eigenvalue weighted by Crippen LogP contribution is -2.45. The Morgan fingerprint density at radius 2 is 1.89 bits per heavy atom. The van der Waals surface area contributed by atoms with Crippen LogP contribution in [0.3, 0.4) is 0 Å². The Balaban J connectivity index is 2.03. The maximum absolute atomic E-state index is 12.9. The number of nitrogens with one attached hydrogen (secondary N) is 1. The first-order valence-corrected chi connectivity index (χ1v) is 10.4. The summed E-state index contributed by atoms with van der Waals surface area (Å²) in [7, 11) is -3.59. The predicted molar refractivity (Wildman–Crippen MR) is 95.6 cm³/mol. The molecule has 1 aliphatic rings. The van der Waals surface area contributed by atoms with Gasteiger partial charge >= 0.3 is 6.18 Å². The van der Waals surface area contributed by atoms with E-state index in [4.69, 9.17) is 0 Å². The molecule has 150 valence electrons. The van der Waals surface area contributed by atoms with Crippen LogP contribution in [-0.2, 0) is 21.0 Å². The predicted octanol–water partition coefficient (Wildman–Crippen LogP) is 2.75. The van der Waals surface area contributed by atoms with Gasteiger partial charge in [0.1, 0.15) is 0 Å². The van der Waals surface area contributed by atoms with Gasteiger partial charge in [-0.15, -0.1) is 0 Å². The van der Waals surface area contributed by atoms with Crippen molar-refractivity contribution in [1.82, 2.24) is 9.73 Å². The molecule has 1 aromatic carbocycles. The van der Waals surface area contributed by atoms with Crippen molar-refractivity contribution in [1.29, 1.82) is 0 Å². The summed E-state index contributed by atoms with van der Waals surface area (Å²) >= 11 is 0. The summed E-state index contributed by atoms with van der Waals surface area (Å²) in [4.78, 5) is 12.1. The second-order valence-corrected chi connectivity index (χ2v) is 8.41. The first-order valence-electron chi connectivity index (χ1n) is 8.54. The van der Waals surface area contributed by atoms with E-state index in [0.717, 1.165) is 42.1 Å². The van der Waals surface area contributed by atoms with Crippen molar-refractivity contribution >= 4 is 22.1 Å². The van der Waals surface area contributed by atoms with E-state index in [1.54, 1.807) is 0 Å².